The van der Waals surface area contributed by atoms with E-state index in [1.54, 1.807) is 0 Å². The van der Waals surface area contributed by atoms with Crippen molar-refractivity contribution in [1.82, 2.24) is 10.2 Å². The zero-order valence-corrected chi connectivity index (χ0v) is 15.1. The summed E-state index contributed by atoms with van der Waals surface area (Å²) in [4.78, 5) is 11.9. The molecule has 0 fully saturated rings. The molecule has 5 nitrogen and oxygen atoms in total. The van der Waals surface area contributed by atoms with Crippen LogP contribution in [-0.4, -0.2) is 28.4 Å². The summed E-state index contributed by atoms with van der Waals surface area (Å²) in [6, 6.07) is 19.7. The number of carbonyl (C=O) groups excluding carboxylic acids is 1. The fraction of sp³-hybridized carbons (Fsp3) is 0.167. The van der Waals surface area contributed by atoms with Gasteiger partial charge in [0.25, 0.3) is 0 Å². The van der Waals surface area contributed by atoms with Crippen LogP contribution in [0.15, 0.2) is 65.0 Å². The topological polar surface area (TPSA) is 66.9 Å². The van der Waals surface area contributed by atoms with Crippen molar-refractivity contribution in [3.8, 4) is 0 Å². The third-order valence-electron chi connectivity index (χ3n) is 3.32. The average Bonchev–Trinajstić information content (AvgIpc) is 3.10. The summed E-state index contributed by atoms with van der Waals surface area (Å²) in [6.45, 7) is 0.803. The Kier molecular flexibility index (Phi) is 6.42. The summed E-state index contributed by atoms with van der Waals surface area (Å²) in [5.74, 6) is 0.262. The lowest BCUT2D eigenvalue weighted by atomic mass is 10.2. The van der Waals surface area contributed by atoms with Crippen LogP contribution in [0.4, 0.5) is 10.8 Å². The Labute approximate surface area is 154 Å². The third kappa shape index (κ3) is 5.88. The van der Waals surface area contributed by atoms with Gasteiger partial charge in [-0.1, -0.05) is 71.6 Å². The number of nitrogens with one attached hydrogen (secondary N) is 2. The number of carbonyl (C=O) groups is 1. The Balaban J connectivity index is 1.40. The first-order valence-electron chi connectivity index (χ1n) is 7.88. The molecule has 0 saturated carbocycles. The monoisotopic (exact) mass is 370 g/mol. The van der Waals surface area contributed by atoms with Gasteiger partial charge in [0.2, 0.25) is 11.0 Å². The predicted molar refractivity (Wildman–Crippen MR) is 104 cm³/mol. The van der Waals surface area contributed by atoms with Gasteiger partial charge in [0.1, 0.15) is 0 Å². The van der Waals surface area contributed by atoms with Gasteiger partial charge in [0.15, 0.2) is 4.34 Å². The van der Waals surface area contributed by atoms with E-state index in [0.29, 0.717) is 5.75 Å². The fourth-order valence-electron chi connectivity index (χ4n) is 2.14. The summed E-state index contributed by atoms with van der Waals surface area (Å²) in [5, 5.41) is 15.1. The Bertz CT molecular complexity index is 793. The van der Waals surface area contributed by atoms with Crippen molar-refractivity contribution in [2.75, 3.05) is 22.9 Å². The highest BCUT2D eigenvalue weighted by Crippen LogP contribution is 2.25. The lowest BCUT2D eigenvalue weighted by molar-refractivity contribution is -0.113. The van der Waals surface area contributed by atoms with Crippen LogP contribution in [0.3, 0.4) is 0 Å². The van der Waals surface area contributed by atoms with Crippen molar-refractivity contribution in [1.29, 1.82) is 0 Å². The van der Waals surface area contributed by atoms with E-state index >= 15 is 0 Å². The van der Waals surface area contributed by atoms with E-state index in [2.05, 4.69) is 33.0 Å². The maximum atomic E-state index is 11.9. The van der Waals surface area contributed by atoms with E-state index in [-0.39, 0.29) is 5.91 Å². The molecule has 2 aromatic carbocycles. The van der Waals surface area contributed by atoms with Gasteiger partial charge in [-0.25, -0.2) is 0 Å². The van der Waals surface area contributed by atoms with Crippen LogP contribution in [0, 0.1) is 0 Å². The summed E-state index contributed by atoms with van der Waals surface area (Å²) < 4.78 is 0.783. The molecule has 3 aromatic rings. The number of aromatic nitrogens is 2. The van der Waals surface area contributed by atoms with Crippen LogP contribution in [-0.2, 0) is 11.2 Å². The molecule has 0 aliphatic heterocycles. The normalized spacial score (nSPS) is 10.4. The van der Waals surface area contributed by atoms with Gasteiger partial charge in [-0.05, 0) is 24.1 Å². The molecular weight excluding hydrogens is 352 g/mol. The number of thioether (sulfide) groups is 1. The Morgan fingerprint density at radius 2 is 1.72 bits per heavy atom. The van der Waals surface area contributed by atoms with E-state index in [1.165, 1.54) is 28.7 Å². The molecule has 0 saturated heterocycles. The number of amides is 1. The van der Waals surface area contributed by atoms with Crippen molar-refractivity contribution in [3.05, 3.63) is 66.2 Å². The van der Waals surface area contributed by atoms with Crippen molar-refractivity contribution in [2.24, 2.45) is 0 Å². The van der Waals surface area contributed by atoms with Gasteiger partial charge in [-0.15, -0.1) is 10.2 Å². The maximum absolute atomic E-state index is 11.9. The van der Waals surface area contributed by atoms with Gasteiger partial charge in [-0.2, -0.15) is 0 Å². The zero-order chi connectivity index (χ0) is 17.3. The van der Waals surface area contributed by atoms with Gasteiger partial charge in [-0.3, -0.25) is 4.79 Å². The maximum Gasteiger partial charge on any atom is 0.234 e. The molecule has 1 heterocycles. The molecule has 0 spiro atoms. The molecule has 25 heavy (non-hydrogen) atoms. The second-order valence-corrected chi connectivity index (χ2v) is 7.44. The second kappa shape index (κ2) is 9.19. The molecule has 1 aromatic heterocycles. The number of hydrogen-bond acceptors (Lipinski definition) is 6. The SMILES string of the molecule is O=C(CSc1nnc(NCCc2ccccc2)s1)Nc1ccccc1. The van der Waals surface area contributed by atoms with E-state index < -0.39 is 0 Å². The quantitative estimate of drug-likeness (QED) is 0.588. The van der Waals surface area contributed by atoms with Crippen LogP contribution >= 0.6 is 23.1 Å². The number of nitrogens with zero attached hydrogens (tertiary/aromatic N) is 2. The predicted octanol–water partition coefficient (Wildman–Crippen LogP) is 3.92. The van der Waals surface area contributed by atoms with E-state index in [4.69, 9.17) is 0 Å². The standard InChI is InChI=1S/C18H18N4OS2/c23-16(20-15-9-5-2-6-10-15)13-24-18-22-21-17(25-18)19-12-11-14-7-3-1-4-8-14/h1-10H,11-13H2,(H,19,21)(H,20,23). The highest BCUT2D eigenvalue weighted by Gasteiger charge is 2.08. The number of benzene rings is 2. The average molecular weight is 371 g/mol. The summed E-state index contributed by atoms with van der Waals surface area (Å²) in [7, 11) is 0. The van der Waals surface area contributed by atoms with Crippen LogP contribution in [0.5, 0.6) is 0 Å². The lowest BCUT2D eigenvalue weighted by Gasteiger charge is -2.03. The van der Waals surface area contributed by atoms with Gasteiger partial charge in [0, 0.05) is 12.2 Å². The summed E-state index contributed by atoms with van der Waals surface area (Å²) >= 11 is 2.86. The highest BCUT2D eigenvalue weighted by molar-refractivity contribution is 8.01. The van der Waals surface area contributed by atoms with Crippen molar-refractivity contribution >= 4 is 39.8 Å². The number of para-hydroxylation sites is 1. The summed E-state index contributed by atoms with van der Waals surface area (Å²) in [5.41, 5.74) is 2.08. The lowest BCUT2D eigenvalue weighted by Crippen LogP contribution is -2.13. The Hall–Kier alpha value is -2.38. The van der Waals surface area contributed by atoms with Crippen molar-refractivity contribution < 1.29 is 4.79 Å². The molecule has 0 aliphatic rings. The van der Waals surface area contributed by atoms with Crippen molar-refractivity contribution in [2.45, 2.75) is 10.8 Å². The highest BCUT2D eigenvalue weighted by atomic mass is 32.2. The first-order chi connectivity index (χ1) is 12.3. The molecule has 0 radical (unpaired) electrons. The molecule has 3 rings (SSSR count). The zero-order valence-electron chi connectivity index (χ0n) is 13.5. The van der Waals surface area contributed by atoms with Crippen LogP contribution in [0.1, 0.15) is 5.56 Å². The Morgan fingerprint density at radius 1 is 1.00 bits per heavy atom. The molecule has 2 N–H and O–H groups in total. The summed E-state index contributed by atoms with van der Waals surface area (Å²) in [6.07, 6.45) is 0.933. The fourth-order valence-corrected chi connectivity index (χ4v) is 3.72. The molecule has 0 bridgehead atoms. The van der Waals surface area contributed by atoms with Gasteiger partial charge < -0.3 is 10.6 Å². The van der Waals surface area contributed by atoms with Crippen molar-refractivity contribution in [3.63, 3.8) is 0 Å². The minimum absolute atomic E-state index is 0.0509. The first kappa shape index (κ1) is 17.4. The smallest absolute Gasteiger partial charge is 0.234 e. The largest absolute Gasteiger partial charge is 0.360 e. The van der Waals surface area contributed by atoms with E-state index in [1.807, 2.05) is 48.5 Å². The van der Waals surface area contributed by atoms with Crippen LogP contribution in [0.2, 0.25) is 0 Å². The Morgan fingerprint density at radius 3 is 2.48 bits per heavy atom. The molecule has 0 atom stereocenters. The molecule has 128 valence electrons. The van der Waals surface area contributed by atoms with E-state index in [9.17, 15) is 4.79 Å². The minimum atomic E-state index is -0.0509. The second-order valence-electron chi connectivity index (χ2n) is 5.24. The number of rotatable bonds is 8. The van der Waals surface area contributed by atoms with Crippen LogP contribution in [0.25, 0.3) is 0 Å². The van der Waals surface area contributed by atoms with Gasteiger partial charge in [0.05, 0.1) is 5.75 Å². The van der Waals surface area contributed by atoms with Gasteiger partial charge >= 0.3 is 0 Å². The molecule has 1 amide bonds. The molecular formula is C18H18N4OS2. The molecule has 0 aliphatic carbocycles. The third-order valence-corrected chi connectivity index (χ3v) is 5.34. The molecule has 7 heteroatoms. The molecule has 0 unspecified atom stereocenters. The first-order valence-corrected chi connectivity index (χ1v) is 9.69. The minimum Gasteiger partial charge on any atom is -0.360 e. The van der Waals surface area contributed by atoms with E-state index in [0.717, 1.165) is 28.1 Å². The van der Waals surface area contributed by atoms with Crippen LogP contribution < -0.4 is 10.6 Å². The number of hydrogen-bond donors (Lipinski definition) is 2. The number of anilines is 2.